The number of nitrogens with zero attached hydrogens (tertiary/aromatic N) is 3. The molecule has 1 saturated heterocycles. The summed E-state index contributed by atoms with van der Waals surface area (Å²) in [6, 6.07) is 8.19. The smallest absolute Gasteiger partial charge is 0.250 e. The van der Waals surface area contributed by atoms with Crippen molar-refractivity contribution >= 4 is 18.5 Å². The van der Waals surface area contributed by atoms with Crippen molar-refractivity contribution in [2.75, 3.05) is 33.8 Å². The second-order valence-electron chi connectivity index (χ2n) is 6.17. The van der Waals surface area contributed by atoms with Crippen LogP contribution >= 0.6 is 12.4 Å². The van der Waals surface area contributed by atoms with Gasteiger partial charge in [0, 0.05) is 25.7 Å². The van der Waals surface area contributed by atoms with Crippen molar-refractivity contribution in [2.24, 2.45) is 0 Å². The zero-order valence-corrected chi connectivity index (χ0v) is 15.7. The van der Waals surface area contributed by atoms with Crippen molar-refractivity contribution in [2.45, 2.75) is 19.4 Å². The van der Waals surface area contributed by atoms with Gasteiger partial charge in [0.15, 0.2) is 5.82 Å². The third kappa shape index (κ3) is 4.81. The van der Waals surface area contributed by atoms with Crippen LogP contribution in [0.15, 0.2) is 34.4 Å². The Morgan fingerprint density at radius 2 is 2.24 bits per heavy atom. The summed E-state index contributed by atoms with van der Waals surface area (Å²) in [6.07, 6.45) is 2.73. The average Bonchev–Trinajstić information content (AvgIpc) is 3.04. The van der Waals surface area contributed by atoms with Gasteiger partial charge in [-0.3, -0.25) is 4.90 Å². The fourth-order valence-corrected chi connectivity index (χ4v) is 2.95. The van der Waals surface area contributed by atoms with Crippen LogP contribution in [0, 0.1) is 0 Å². The maximum absolute atomic E-state index is 5.41. The second kappa shape index (κ2) is 8.99. The molecule has 3 rings (SSSR count). The summed E-state index contributed by atoms with van der Waals surface area (Å²) in [5.41, 5.74) is 2.29. The van der Waals surface area contributed by atoms with Gasteiger partial charge in [-0.05, 0) is 32.0 Å². The first-order chi connectivity index (χ1) is 11.7. The topological polar surface area (TPSA) is 63.4 Å². The van der Waals surface area contributed by atoms with Gasteiger partial charge >= 0.3 is 0 Å². The first-order valence-electron chi connectivity index (χ1n) is 8.21. The molecular weight excluding hydrogens is 340 g/mol. The number of ether oxygens (including phenoxy) is 1. The third-order valence-corrected chi connectivity index (χ3v) is 4.30. The van der Waals surface area contributed by atoms with E-state index in [1.165, 1.54) is 0 Å². The van der Waals surface area contributed by atoms with E-state index in [1.807, 2.05) is 24.3 Å². The number of nitrogens with one attached hydrogen (secondary N) is 1. The molecule has 25 heavy (non-hydrogen) atoms. The molecule has 1 aliphatic rings. The van der Waals surface area contributed by atoms with E-state index in [0.29, 0.717) is 5.89 Å². The Morgan fingerprint density at radius 3 is 3.00 bits per heavy atom. The molecule has 1 N–H and O–H groups in total. The van der Waals surface area contributed by atoms with E-state index in [-0.39, 0.29) is 18.4 Å². The van der Waals surface area contributed by atoms with E-state index in [1.54, 1.807) is 7.11 Å². The second-order valence-corrected chi connectivity index (χ2v) is 6.17. The summed E-state index contributed by atoms with van der Waals surface area (Å²) in [7, 11) is 3.78. The van der Waals surface area contributed by atoms with Gasteiger partial charge in [0.25, 0.3) is 5.89 Å². The van der Waals surface area contributed by atoms with Crippen LogP contribution in [0.1, 0.15) is 30.2 Å². The van der Waals surface area contributed by atoms with Gasteiger partial charge in [-0.1, -0.05) is 28.9 Å². The number of hydrogen-bond acceptors (Lipinski definition) is 6. The Hall–Kier alpha value is -1.89. The normalized spacial score (nSPS) is 18.7. The molecule has 7 heteroatoms. The largest absolute Gasteiger partial charge is 0.496 e. The SMILES string of the molecule is COc1ccccc1C/C(C)=C/c1nc(C2CNCCN2C)no1.Cl. The molecule has 1 aromatic heterocycles. The lowest BCUT2D eigenvalue weighted by Crippen LogP contribution is -2.44. The lowest BCUT2D eigenvalue weighted by atomic mass is 10.1. The summed E-state index contributed by atoms with van der Waals surface area (Å²) < 4.78 is 10.8. The Labute approximate surface area is 154 Å². The van der Waals surface area contributed by atoms with Crippen molar-refractivity contribution in [3.8, 4) is 5.75 Å². The standard InChI is InChI=1S/C18H24N4O2.ClH/c1-13(10-14-6-4-5-7-16(14)23-3)11-17-20-18(21-24-17)15-12-19-8-9-22(15)2;/h4-7,11,15,19H,8-10,12H2,1-3H3;1H/b13-11+;. The Kier molecular flexibility index (Phi) is 6.99. The summed E-state index contributed by atoms with van der Waals surface area (Å²) in [6.45, 7) is 4.89. The molecule has 1 atom stereocenters. The van der Waals surface area contributed by atoms with Crippen LogP contribution in [0.5, 0.6) is 5.75 Å². The van der Waals surface area contributed by atoms with Crippen LogP contribution in [0.3, 0.4) is 0 Å². The fourth-order valence-electron chi connectivity index (χ4n) is 2.95. The number of rotatable bonds is 5. The minimum atomic E-state index is 0. The van der Waals surface area contributed by atoms with E-state index in [2.05, 4.69) is 40.4 Å². The van der Waals surface area contributed by atoms with Crippen LogP contribution in [0.25, 0.3) is 6.08 Å². The van der Waals surface area contributed by atoms with Crippen LogP contribution in [0.4, 0.5) is 0 Å². The van der Waals surface area contributed by atoms with Crippen molar-refractivity contribution < 1.29 is 9.26 Å². The highest BCUT2D eigenvalue weighted by atomic mass is 35.5. The molecule has 6 nitrogen and oxygen atoms in total. The van der Waals surface area contributed by atoms with Gasteiger partial charge in [-0.2, -0.15) is 4.98 Å². The highest BCUT2D eigenvalue weighted by Crippen LogP contribution is 2.22. The van der Waals surface area contributed by atoms with Crippen molar-refractivity contribution in [3.63, 3.8) is 0 Å². The highest BCUT2D eigenvalue weighted by Gasteiger charge is 2.24. The molecule has 0 amide bonds. The summed E-state index contributed by atoms with van der Waals surface area (Å²) in [5, 5.41) is 7.51. The predicted octanol–water partition coefficient (Wildman–Crippen LogP) is 2.72. The minimum absolute atomic E-state index is 0. The molecule has 0 radical (unpaired) electrons. The van der Waals surface area contributed by atoms with Crippen LogP contribution in [-0.2, 0) is 6.42 Å². The van der Waals surface area contributed by atoms with Crippen LogP contribution in [0.2, 0.25) is 0 Å². The molecule has 1 unspecified atom stereocenters. The third-order valence-electron chi connectivity index (χ3n) is 4.30. The number of para-hydroxylation sites is 1. The minimum Gasteiger partial charge on any atom is -0.496 e. The maximum Gasteiger partial charge on any atom is 0.250 e. The van der Waals surface area contributed by atoms with E-state index < -0.39 is 0 Å². The number of aromatic nitrogens is 2. The molecule has 2 aromatic rings. The van der Waals surface area contributed by atoms with Gasteiger partial charge in [0.2, 0.25) is 0 Å². The Bertz CT molecular complexity index is 717. The first-order valence-corrected chi connectivity index (χ1v) is 8.21. The number of methoxy groups -OCH3 is 1. The first kappa shape index (κ1) is 19.4. The molecule has 1 aromatic carbocycles. The van der Waals surface area contributed by atoms with Crippen LogP contribution < -0.4 is 10.1 Å². The van der Waals surface area contributed by atoms with Gasteiger partial charge in [-0.25, -0.2) is 0 Å². The van der Waals surface area contributed by atoms with Gasteiger partial charge in [0.05, 0.1) is 13.2 Å². The lowest BCUT2D eigenvalue weighted by molar-refractivity contribution is 0.190. The zero-order chi connectivity index (χ0) is 16.9. The van der Waals surface area contributed by atoms with Crippen molar-refractivity contribution in [1.29, 1.82) is 0 Å². The number of allylic oxidation sites excluding steroid dienone is 1. The molecule has 0 bridgehead atoms. The van der Waals surface area contributed by atoms with Gasteiger partial charge < -0.3 is 14.6 Å². The molecule has 0 saturated carbocycles. The number of likely N-dealkylation sites (N-methyl/N-ethyl adjacent to an activating group) is 1. The number of halogens is 1. The van der Waals surface area contributed by atoms with Gasteiger partial charge in [0.1, 0.15) is 5.75 Å². The molecule has 1 aliphatic heterocycles. The van der Waals surface area contributed by atoms with E-state index in [9.17, 15) is 0 Å². The zero-order valence-electron chi connectivity index (χ0n) is 14.9. The molecule has 0 aliphatic carbocycles. The molecule has 1 fully saturated rings. The Morgan fingerprint density at radius 1 is 1.44 bits per heavy atom. The number of piperazine rings is 1. The summed E-state index contributed by atoms with van der Waals surface area (Å²) in [5.74, 6) is 2.18. The average molecular weight is 365 g/mol. The predicted molar refractivity (Wildman–Crippen MR) is 100 cm³/mol. The van der Waals surface area contributed by atoms with E-state index in [4.69, 9.17) is 9.26 Å². The molecular formula is C18H25ClN4O2. The quantitative estimate of drug-likeness (QED) is 0.880. The van der Waals surface area contributed by atoms with Crippen molar-refractivity contribution in [1.82, 2.24) is 20.4 Å². The van der Waals surface area contributed by atoms with E-state index >= 15 is 0 Å². The summed E-state index contributed by atoms with van der Waals surface area (Å²) >= 11 is 0. The van der Waals surface area contributed by atoms with Crippen molar-refractivity contribution in [3.05, 3.63) is 47.1 Å². The number of benzene rings is 1. The monoisotopic (exact) mass is 364 g/mol. The summed E-state index contributed by atoms with van der Waals surface area (Å²) in [4.78, 5) is 6.79. The van der Waals surface area contributed by atoms with Crippen LogP contribution in [-0.4, -0.2) is 48.8 Å². The lowest BCUT2D eigenvalue weighted by Gasteiger charge is -2.30. The number of hydrogen-bond donors (Lipinski definition) is 1. The molecule has 2 heterocycles. The Balaban J connectivity index is 0.00000225. The van der Waals surface area contributed by atoms with E-state index in [0.717, 1.165) is 48.8 Å². The fraction of sp³-hybridized carbons (Fsp3) is 0.444. The van der Waals surface area contributed by atoms with Gasteiger partial charge in [-0.15, -0.1) is 12.4 Å². The molecule has 136 valence electrons. The molecule has 0 spiro atoms. The highest BCUT2D eigenvalue weighted by molar-refractivity contribution is 5.85. The maximum atomic E-state index is 5.41.